The molecule has 26 heavy (non-hydrogen) atoms. The van der Waals surface area contributed by atoms with Gasteiger partial charge in [0.15, 0.2) is 11.6 Å². The molecule has 0 saturated heterocycles. The van der Waals surface area contributed by atoms with E-state index in [0.29, 0.717) is 11.1 Å². The number of hydrogen-bond donors (Lipinski definition) is 0. The third-order valence-electron chi connectivity index (χ3n) is 5.23. The van der Waals surface area contributed by atoms with Gasteiger partial charge in [0, 0.05) is 23.3 Å². The summed E-state index contributed by atoms with van der Waals surface area (Å²) >= 11 is 0. The highest BCUT2D eigenvalue weighted by molar-refractivity contribution is 6.39. The molecule has 4 rings (SSSR count). The number of benzene rings is 1. The fourth-order valence-corrected chi connectivity index (χ4v) is 3.87. The Balaban J connectivity index is 1.79. The molecule has 130 valence electrons. The number of aromatic nitrogens is 2. The van der Waals surface area contributed by atoms with Crippen molar-refractivity contribution in [2.75, 3.05) is 11.4 Å². The normalized spacial score (nSPS) is 19.1. The highest BCUT2D eigenvalue weighted by Crippen LogP contribution is 2.47. The van der Waals surface area contributed by atoms with Gasteiger partial charge in [0.1, 0.15) is 0 Å². The molecular weight excluding hydrogens is 326 g/mol. The maximum atomic E-state index is 12.5. The van der Waals surface area contributed by atoms with Crippen LogP contribution >= 0.6 is 0 Å². The van der Waals surface area contributed by atoms with Crippen molar-refractivity contribution < 1.29 is 9.59 Å². The second kappa shape index (κ2) is 5.73. The Hall–Kier alpha value is -3.08. The van der Waals surface area contributed by atoms with Gasteiger partial charge >= 0.3 is 0 Å². The molecule has 1 aromatic heterocycles. The zero-order valence-corrected chi connectivity index (χ0v) is 15.0. The number of carbonyl (C=O) groups excluding carboxylic acids is 2. The minimum atomic E-state index is -0.284. The standard InChI is InChI=1S/C21H19N3O2/c1-4-24-17-8-6-5-7-16(17)21(2,3)18(24)10-9-13-19(25)14-11-22-23-12-15(14)20(13)26/h5-12H,4H2,1-3H3/b18-10-. The van der Waals surface area contributed by atoms with E-state index >= 15 is 0 Å². The van der Waals surface area contributed by atoms with Crippen LogP contribution in [0, 0.1) is 0 Å². The second-order valence-electron chi connectivity index (χ2n) is 6.99. The van der Waals surface area contributed by atoms with Crippen molar-refractivity contribution in [2.24, 2.45) is 0 Å². The predicted octanol–water partition coefficient (Wildman–Crippen LogP) is 3.48. The van der Waals surface area contributed by atoms with Crippen molar-refractivity contribution >= 4 is 17.3 Å². The Morgan fingerprint density at radius 1 is 1.00 bits per heavy atom. The number of para-hydroxylation sites is 1. The number of ketones is 2. The van der Waals surface area contributed by atoms with Gasteiger partial charge in [-0.2, -0.15) is 10.2 Å². The highest BCUT2D eigenvalue weighted by atomic mass is 16.2. The molecule has 1 aliphatic carbocycles. The largest absolute Gasteiger partial charge is 0.344 e. The summed E-state index contributed by atoms with van der Waals surface area (Å²) in [7, 11) is 0. The van der Waals surface area contributed by atoms with Gasteiger partial charge in [-0.3, -0.25) is 9.59 Å². The van der Waals surface area contributed by atoms with Gasteiger partial charge in [-0.1, -0.05) is 32.0 Å². The van der Waals surface area contributed by atoms with E-state index in [4.69, 9.17) is 0 Å². The monoisotopic (exact) mass is 345 g/mol. The molecular formula is C21H19N3O2. The summed E-state index contributed by atoms with van der Waals surface area (Å²) < 4.78 is 0. The van der Waals surface area contributed by atoms with Gasteiger partial charge in [0.05, 0.1) is 29.1 Å². The Morgan fingerprint density at radius 3 is 2.23 bits per heavy atom. The van der Waals surface area contributed by atoms with Gasteiger partial charge in [0.25, 0.3) is 0 Å². The fraction of sp³-hybridized carbons (Fsp3) is 0.238. The van der Waals surface area contributed by atoms with E-state index in [0.717, 1.165) is 12.2 Å². The number of carbonyl (C=O) groups is 2. The predicted molar refractivity (Wildman–Crippen MR) is 99.3 cm³/mol. The molecule has 0 amide bonds. The molecule has 2 aliphatic rings. The molecule has 0 fully saturated rings. The molecule has 1 aromatic carbocycles. The fourth-order valence-electron chi connectivity index (χ4n) is 3.87. The quantitative estimate of drug-likeness (QED) is 0.616. The van der Waals surface area contributed by atoms with Crippen molar-refractivity contribution in [3.8, 4) is 0 Å². The average molecular weight is 345 g/mol. The lowest BCUT2D eigenvalue weighted by Crippen LogP contribution is -2.25. The summed E-state index contributed by atoms with van der Waals surface area (Å²) in [5, 5.41) is 7.43. The molecule has 5 heteroatoms. The Labute approximate surface area is 152 Å². The van der Waals surface area contributed by atoms with Crippen LogP contribution < -0.4 is 4.90 Å². The van der Waals surface area contributed by atoms with Crippen LogP contribution in [0.25, 0.3) is 0 Å². The van der Waals surface area contributed by atoms with Crippen LogP contribution in [0.5, 0.6) is 0 Å². The summed E-state index contributed by atoms with van der Waals surface area (Å²) in [4.78, 5) is 27.3. The zero-order valence-electron chi connectivity index (χ0n) is 15.0. The first-order valence-corrected chi connectivity index (χ1v) is 8.66. The first-order valence-electron chi connectivity index (χ1n) is 8.66. The van der Waals surface area contributed by atoms with Gasteiger partial charge in [-0.15, -0.1) is 0 Å². The molecule has 1 aliphatic heterocycles. The first-order chi connectivity index (χ1) is 12.5. The van der Waals surface area contributed by atoms with Gasteiger partial charge in [0.2, 0.25) is 0 Å². The number of allylic oxidation sites excluding steroid dienone is 4. The van der Waals surface area contributed by atoms with Crippen LogP contribution in [0.3, 0.4) is 0 Å². The smallest absolute Gasteiger partial charge is 0.199 e. The first kappa shape index (κ1) is 16.4. The van der Waals surface area contributed by atoms with E-state index < -0.39 is 0 Å². The number of anilines is 1. The van der Waals surface area contributed by atoms with Crippen molar-refractivity contribution in [2.45, 2.75) is 26.2 Å². The molecule has 2 heterocycles. The van der Waals surface area contributed by atoms with Gasteiger partial charge in [-0.25, -0.2) is 0 Å². The number of fused-ring (bicyclic) bond motifs is 2. The zero-order chi connectivity index (χ0) is 18.5. The van der Waals surface area contributed by atoms with Crippen molar-refractivity contribution in [1.29, 1.82) is 0 Å². The minimum Gasteiger partial charge on any atom is -0.344 e. The number of hydrogen-bond acceptors (Lipinski definition) is 5. The van der Waals surface area contributed by atoms with E-state index in [9.17, 15) is 9.59 Å². The number of Topliss-reactive ketones (excluding diaryl/α,β-unsaturated/α-hetero) is 2. The molecule has 0 unspecified atom stereocenters. The minimum absolute atomic E-state index is 0.171. The molecule has 0 N–H and O–H groups in total. The maximum absolute atomic E-state index is 12.5. The summed E-state index contributed by atoms with van der Waals surface area (Å²) in [5.41, 5.74) is 4.11. The Bertz CT molecular complexity index is 965. The van der Waals surface area contributed by atoms with E-state index in [2.05, 4.69) is 48.0 Å². The van der Waals surface area contributed by atoms with Crippen LogP contribution in [0.4, 0.5) is 5.69 Å². The van der Waals surface area contributed by atoms with Crippen LogP contribution in [0.15, 0.2) is 60.1 Å². The second-order valence-corrected chi connectivity index (χ2v) is 6.99. The SMILES string of the molecule is CCN1/C(=C\C=C2C(=O)c3cnncc3C2=O)C(C)(C)c2ccccc21. The summed E-state index contributed by atoms with van der Waals surface area (Å²) in [5.74, 6) is -0.568. The summed E-state index contributed by atoms with van der Waals surface area (Å²) in [6.07, 6.45) is 6.27. The lowest BCUT2D eigenvalue weighted by molar-refractivity contribution is 0.0988. The van der Waals surface area contributed by atoms with Crippen molar-refractivity contribution in [1.82, 2.24) is 10.2 Å². The van der Waals surface area contributed by atoms with Crippen LogP contribution in [-0.2, 0) is 5.41 Å². The van der Waals surface area contributed by atoms with Crippen molar-refractivity contribution in [3.05, 3.63) is 76.8 Å². The van der Waals surface area contributed by atoms with E-state index in [1.807, 2.05) is 18.2 Å². The average Bonchev–Trinajstić information content (AvgIpc) is 3.02. The third-order valence-corrected chi connectivity index (χ3v) is 5.23. The van der Waals surface area contributed by atoms with E-state index in [-0.39, 0.29) is 22.6 Å². The Morgan fingerprint density at radius 2 is 1.62 bits per heavy atom. The number of nitrogens with zero attached hydrogens (tertiary/aromatic N) is 3. The summed E-state index contributed by atoms with van der Waals surface area (Å²) in [6, 6.07) is 8.30. The lowest BCUT2D eigenvalue weighted by Gasteiger charge is -2.25. The molecule has 5 nitrogen and oxygen atoms in total. The van der Waals surface area contributed by atoms with Crippen LogP contribution in [0.1, 0.15) is 47.1 Å². The highest BCUT2D eigenvalue weighted by Gasteiger charge is 2.39. The summed E-state index contributed by atoms with van der Waals surface area (Å²) in [6.45, 7) is 7.23. The van der Waals surface area contributed by atoms with Crippen molar-refractivity contribution in [3.63, 3.8) is 0 Å². The number of likely N-dealkylation sites (N-methyl/N-ethyl adjacent to an activating group) is 1. The third kappa shape index (κ3) is 2.17. The molecule has 0 atom stereocenters. The van der Waals surface area contributed by atoms with Crippen LogP contribution in [0.2, 0.25) is 0 Å². The lowest BCUT2D eigenvalue weighted by atomic mass is 9.83. The van der Waals surface area contributed by atoms with Gasteiger partial charge < -0.3 is 4.90 Å². The topological polar surface area (TPSA) is 63.2 Å². The molecule has 0 bridgehead atoms. The molecule has 0 saturated carbocycles. The molecule has 0 radical (unpaired) electrons. The molecule has 0 spiro atoms. The number of rotatable bonds is 2. The van der Waals surface area contributed by atoms with Gasteiger partial charge in [-0.05, 0) is 30.7 Å². The maximum Gasteiger partial charge on any atom is 0.199 e. The van der Waals surface area contributed by atoms with E-state index in [1.54, 1.807) is 6.08 Å². The molecule has 2 aromatic rings. The van der Waals surface area contributed by atoms with E-state index in [1.165, 1.54) is 23.6 Å². The van der Waals surface area contributed by atoms with Crippen LogP contribution in [-0.4, -0.2) is 28.3 Å². The Kier molecular flexibility index (Phi) is 3.61.